The monoisotopic (exact) mass is 432 g/mol. The Morgan fingerprint density at radius 1 is 1.10 bits per heavy atom. The summed E-state index contributed by atoms with van der Waals surface area (Å²) in [6, 6.07) is 3.51. The van der Waals surface area contributed by atoms with Crippen molar-refractivity contribution < 1.29 is 13.2 Å². The molecule has 2 aromatic rings. The van der Waals surface area contributed by atoms with Gasteiger partial charge in [0.2, 0.25) is 11.9 Å². The van der Waals surface area contributed by atoms with Crippen molar-refractivity contribution in [2.45, 2.75) is 46.1 Å². The van der Waals surface area contributed by atoms with Crippen molar-refractivity contribution in [3.63, 3.8) is 0 Å². The summed E-state index contributed by atoms with van der Waals surface area (Å²) in [5, 5.41) is 7.44. The van der Waals surface area contributed by atoms with Crippen molar-refractivity contribution in [2.24, 2.45) is 5.92 Å². The number of piperidine rings is 1. The Morgan fingerprint density at radius 2 is 1.83 bits per heavy atom. The van der Waals surface area contributed by atoms with Crippen LogP contribution in [0.2, 0.25) is 0 Å². The minimum atomic E-state index is -3.04. The lowest BCUT2D eigenvalue weighted by atomic mass is 9.97. The smallest absolute Gasteiger partial charge is 0.230 e. The molecule has 2 aliphatic heterocycles. The number of rotatable bonds is 4. The van der Waals surface area contributed by atoms with Crippen LogP contribution < -0.4 is 10.2 Å². The molecule has 1 N–H and O–H groups in total. The molecule has 0 aliphatic carbocycles. The van der Waals surface area contributed by atoms with E-state index in [2.05, 4.69) is 25.3 Å². The van der Waals surface area contributed by atoms with Gasteiger partial charge >= 0.3 is 0 Å². The fourth-order valence-electron chi connectivity index (χ4n) is 4.31. The second-order valence-electron chi connectivity index (χ2n) is 8.40. The predicted octanol–water partition coefficient (Wildman–Crippen LogP) is 1.81. The fraction of sp³-hybridized carbons (Fsp3) is 0.600. The van der Waals surface area contributed by atoms with Crippen molar-refractivity contribution in [3.8, 4) is 0 Å². The minimum absolute atomic E-state index is 0.0677. The van der Waals surface area contributed by atoms with Crippen LogP contribution >= 0.6 is 0 Å². The van der Waals surface area contributed by atoms with E-state index in [9.17, 15) is 13.2 Å². The first-order chi connectivity index (χ1) is 14.2. The maximum atomic E-state index is 13.0. The van der Waals surface area contributed by atoms with Gasteiger partial charge in [0.1, 0.15) is 5.82 Å². The third kappa shape index (κ3) is 4.48. The van der Waals surface area contributed by atoms with Gasteiger partial charge in [0.05, 0.1) is 29.2 Å². The topological polar surface area (TPSA) is 110 Å². The van der Waals surface area contributed by atoms with Crippen LogP contribution in [0.5, 0.6) is 0 Å². The van der Waals surface area contributed by atoms with Crippen molar-refractivity contribution in [2.75, 3.05) is 34.8 Å². The summed E-state index contributed by atoms with van der Waals surface area (Å²) < 4.78 is 25.4. The van der Waals surface area contributed by atoms with E-state index in [-0.39, 0.29) is 29.4 Å². The highest BCUT2D eigenvalue weighted by Gasteiger charge is 2.33. The zero-order valence-electron chi connectivity index (χ0n) is 17.6. The van der Waals surface area contributed by atoms with E-state index < -0.39 is 9.84 Å². The standard InChI is InChI=1S/C20H28N6O3S/c1-13-9-14(2)22-20(21-13)25-7-4-5-16(11-25)19(27)23-18-10-15(3)24-26(18)17-6-8-30(28,29)12-17/h9-10,16-17H,4-8,11-12H2,1-3H3,(H,23,27)/t16-,17-/m0/s1. The third-order valence-electron chi connectivity index (χ3n) is 5.71. The molecule has 9 nitrogen and oxygen atoms in total. The van der Waals surface area contributed by atoms with Crippen molar-refractivity contribution in [3.05, 3.63) is 29.2 Å². The van der Waals surface area contributed by atoms with Crippen molar-refractivity contribution in [1.82, 2.24) is 19.7 Å². The van der Waals surface area contributed by atoms with Crippen LogP contribution in [-0.4, -0.2) is 58.7 Å². The summed E-state index contributed by atoms with van der Waals surface area (Å²) in [6.45, 7) is 7.11. The molecule has 162 valence electrons. The Bertz CT molecular complexity index is 1040. The second-order valence-corrected chi connectivity index (χ2v) is 10.6. The number of nitrogens with zero attached hydrogens (tertiary/aromatic N) is 5. The summed E-state index contributed by atoms with van der Waals surface area (Å²) in [6.07, 6.45) is 2.19. The molecule has 2 atom stereocenters. The highest BCUT2D eigenvalue weighted by atomic mass is 32.2. The third-order valence-corrected chi connectivity index (χ3v) is 7.46. The SMILES string of the molecule is Cc1cc(C)nc(N2CCC[C@H](C(=O)Nc3cc(C)nn3[C@H]3CCS(=O)(=O)C3)C2)n1. The number of anilines is 2. The number of carbonyl (C=O) groups excluding carboxylic acids is 1. The second kappa shape index (κ2) is 7.98. The van der Waals surface area contributed by atoms with E-state index in [1.54, 1.807) is 10.7 Å². The Labute approximate surface area is 176 Å². The van der Waals surface area contributed by atoms with E-state index in [0.717, 1.165) is 36.5 Å². The molecule has 0 unspecified atom stereocenters. The largest absolute Gasteiger partial charge is 0.340 e. The van der Waals surface area contributed by atoms with Crippen molar-refractivity contribution >= 4 is 27.5 Å². The molecule has 2 aliphatic rings. The number of sulfone groups is 1. The summed E-state index contributed by atoms with van der Waals surface area (Å²) in [7, 11) is -3.04. The maximum Gasteiger partial charge on any atom is 0.230 e. The van der Waals surface area contributed by atoms with E-state index >= 15 is 0 Å². The molecule has 2 aromatic heterocycles. The van der Waals surface area contributed by atoms with Gasteiger partial charge in [-0.25, -0.2) is 23.1 Å². The van der Waals surface area contributed by atoms with Gasteiger partial charge in [-0.05, 0) is 46.1 Å². The molecular weight excluding hydrogens is 404 g/mol. The molecule has 0 saturated carbocycles. The maximum absolute atomic E-state index is 13.0. The first-order valence-electron chi connectivity index (χ1n) is 10.3. The highest BCUT2D eigenvalue weighted by Crippen LogP contribution is 2.28. The number of hydrogen-bond acceptors (Lipinski definition) is 7. The van der Waals surface area contributed by atoms with Gasteiger partial charge in [0.25, 0.3) is 0 Å². The quantitative estimate of drug-likeness (QED) is 0.784. The fourth-order valence-corrected chi connectivity index (χ4v) is 6.00. The van der Waals surface area contributed by atoms with Gasteiger partial charge < -0.3 is 10.2 Å². The molecule has 0 spiro atoms. The first kappa shape index (κ1) is 20.8. The predicted molar refractivity (Wildman–Crippen MR) is 114 cm³/mol. The van der Waals surface area contributed by atoms with Crippen LogP contribution in [0.1, 0.15) is 42.4 Å². The van der Waals surface area contributed by atoms with Crippen LogP contribution in [0, 0.1) is 26.7 Å². The molecule has 10 heteroatoms. The lowest BCUT2D eigenvalue weighted by Crippen LogP contribution is -2.42. The normalized spacial score (nSPS) is 23.5. The highest BCUT2D eigenvalue weighted by molar-refractivity contribution is 7.91. The number of hydrogen-bond donors (Lipinski definition) is 1. The Morgan fingerprint density at radius 3 is 2.50 bits per heavy atom. The van der Waals surface area contributed by atoms with Crippen LogP contribution in [0.4, 0.5) is 11.8 Å². The van der Waals surface area contributed by atoms with E-state index in [4.69, 9.17) is 0 Å². The van der Waals surface area contributed by atoms with Gasteiger partial charge in [-0.15, -0.1) is 0 Å². The zero-order chi connectivity index (χ0) is 21.5. The van der Waals surface area contributed by atoms with Crippen LogP contribution in [-0.2, 0) is 14.6 Å². The molecule has 1 amide bonds. The molecule has 0 aromatic carbocycles. The number of aryl methyl sites for hydroxylation is 3. The van der Waals surface area contributed by atoms with Crippen molar-refractivity contribution in [1.29, 1.82) is 0 Å². The number of aromatic nitrogens is 4. The van der Waals surface area contributed by atoms with Crippen LogP contribution in [0.3, 0.4) is 0 Å². The molecule has 0 radical (unpaired) electrons. The minimum Gasteiger partial charge on any atom is -0.340 e. The summed E-state index contributed by atoms with van der Waals surface area (Å²) >= 11 is 0. The average Bonchev–Trinajstić information content (AvgIpc) is 3.22. The summed E-state index contributed by atoms with van der Waals surface area (Å²) in [5.74, 6) is 1.20. The molecule has 0 bridgehead atoms. The molecular formula is C20H28N6O3S. The van der Waals surface area contributed by atoms with Gasteiger partial charge in [-0.3, -0.25) is 4.79 Å². The zero-order valence-corrected chi connectivity index (χ0v) is 18.4. The lowest BCUT2D eigenvalue weighted by Gasteiger charge is -2.32. The van der Waals surface area contributed by atoms with E-state index in [1.807, 2.05) is 26.8 Å². The lowest BCUT2D eigenvalue weighted by molar-refractivity contribution is -0.120. The van der Waals surface area contributed by atoms with Gasteiger partial charge in [0, 0.05) is 30.5 Å². The Hall–Kier alpha value is -2.49. The Balaban J connectivity index is 1.48. The number of carbonyl (C=O) groups is 1. The van der Waals surface area contributed by atoms with Crippen LogP contribution in [0.15, 0.2) is 12.1 Å². The Kier molecular flexibility index (Phi) is 5.52. The molecule has 30 heavy (non-hydrogen) atoms. The first-order valence-corrected chi connectivity index (χ1v) is 12.2. The molecule has 2 fully saturated rings. The molecule has 4 heterocycles. The van der Waals surface area contributed by atoms with Crippen LogP contribution in [0.25, 0.3) is 0 Å². The van der Waals surface area contributed by atoms with E-state index in [0.29, 0.717) is 24.7 Å². The number of amides is 1. The summed E-state index contributed by atoms with van der Waals surface area (Å²) in [5.41, 5.74) is 2.58. The number of nitrogens with one attached hydrogen (secondary N) is 1. The van der Waals surface area contributed by atoms with Gasteiger partial charge in [-0.2, -0.15) is 5.10 Å². The average molecular weight is 433 g/mol. The summed E-state index contributed by atoms with van der Waals surface area (Å²) in [4.78, 5) is 24.2. The van der Waals surface area contributed by atoms with Gasteiger partial charge in [0.15, 0.2) is 9.84 Å². The van der Waals surface area contributed by atoms with E-state index in [1.165, 1.54) is 0 Å². The molecule has 2 saturated heterocycles. The van der Waals surface area contributed by atoms with Gasteiger partial charge in [-0.1, -0.05) is 0 Å². The molecule has 4 rings (SSSR count).